The zero-order chi connectivity index (χ0) is 18.6. The lowest BCUT2D eigenvalue weighted by Crippen LogP contribution is -2.52. The van der Waals surface area contributed by atoms with Crippen LogP contribution in [0.2, 0.25) is 0 Å². The molecule has 2 fully saturated rings. The molecule has 0 aromatic heterocycles. The molecule has 146 valence electrons. The van der Waals surface area contributed by atoms with E-state index in [0.29, 0.717) is 12.2 Å². The molecule has 0 radical (unpaired) electrons. The molecule has 1 saturated heterocycles. The standard InChI is InChI=1S/C19H27F3N2O2/c20-19(21,22)26-18-6-2-1-4-15(18)13-7-9-14(10-8-13)25-12-17-16(23)5-3-11-24-17/h1-2,4,6,13-14,16-17,24H,3,5,7-12,23H2/t13?,14?,16?,17-/m0/s1. The highest BCUT2D eigenvalue weighted by molar-refractivity contribution is 5.36. The Balaban J connectivity index is 1.51. The Morgan fingerprint density at radius 3 is 2.50 bits per heavy atom. The molecule has 0 amide bonds. The summed E-state index contributed by atoms with van der Waals surface area (Å²) in [4.78, 5) is 0. The van der Waals surface area contributed by atoms with Crippen molar-refractivity contribution in [2.24, 2.45) is 5.73 Å². The molecule has 1 aromatic carbocycles. The summed E-state index contributed by atoms with van der Waals surface area (Å²) in [6.07, 6.45) is 0.881. The van der Waals surface area contributed by atoms with Crippen LogP contribution in [0.25, 0.3) is 0 Å². The molecule has 1 aliphatic heterocycles. The van der Waals surface area contributed by atoms with Gasteiger partial charge >= 0.3 is 6.36 Å². The van der Waals surface area contributed by atoms with Crippen LogP contribution >= 0.6 is 0 Å². The molecule has 3 rings (SSSR count). The average Bonchev–Trinajstić information content (AvgIpc) is 2.61. The van der Waals surface area contributed by atoms with Crippen molar-refractivity contribution < 1.29 is 22.6 Å². The van der Waals surface area contributed by atoms with Gasteiger partial charge in [-0.25, -0.2) is 0 Å². The maximum Gasteiger partial charge on any atom is 0.573 e. The fourth-order valence-corrected chi connectivity index (χ4v) is 3.98. The normalized spacial score (nSPS) is 30.2. The number of hydrogen-bond donors (Lipinski definition) is 2. The van der Waals surface area contributed by atoms with Crippen LogP contribution in [0.3, 0.4) is 0 Å². The second kappa shape index (κ2) is 8.59. The maximum absolute atomic E-state index is 12.6. The first-order valence-corrected chi connectivity index (χ1v) is 9.37. The predicted octanol–water partition coefficient (Wildman–Crippen LogP) is 3.71. The second-order valence-corrected chi connectivity index (χ2v) is 7.26. The third kappa shape index (κ3) is 5.34. The highest BCUT2D eigenvalue weighted by Crippen LogP contribution is 2.39. The van der Waals surface area contributed by atoms with Crippen molar-refractivity contribution in [1.29, 1.82) is 0 Å². The molecule has 0 bridgehead atoms. The molecule has 4 nitrogen and oxygen atoms in total. The molecule has 2 atom stereocenters. The van der Waals surface area contributed by atoms with Crippen LogP contribution in [-0.4, -0.2) is 37.7 Å². The molecular weight excluding hydrogens is 345 g/mol. The number of piperidine rings is 1. The first kappa shape index (κ1) is 19.5. The van der Waals surface area contributed by atoms with Crippen LogP contribution in [0.4, 0.5) is 13.2 Å². The van der Waals surface area contributed by atoms with E-state index in [2.05, 4.69) is 10.1 Å². The molecular formula is C19H27F3N2O2. The molecule has 0 spiro atoms. The molecule has 1 saturated carbocycles. The van der Waals surface area contributed by atoms with E-state index in [1.54, 1.807) is 18.2 Å². The largest absolute Gasteiger partial charge is 0.573 e. The predicted molar refractivity (Wildman–Crippen MR) is 93.1 cm³/mol. The van der Waals surface area contributed by atoms with Crippen molar-refractivity contribution in [2.45, 2.75) is 69.0 Å². The van der Waals surface area contributed by atoms with Gasteiger partial charge in [0.1, 0.15) is 5.75 Å². The number of alkyl halides is 3. The highest BCUT2D eigenvalue weighted by atomic mass is 19.4. The second-order valence-electron chi connectivity index (χ2n) is 7.26. The fraction of sp³-hybridized carbons (Fsp3) is 0.684. The number of para-hydroxylation sites is 1. The van der Waals surface area contributed by atoms with E-state index in [-0.39, 0.29) is 29.9 Å². The van der Waals surface area contributed by atoms with Crippen LogP contribution in [-0.2, 0) is 4.74 Å². The van der Waals surface area contributed by atoms with Crippen molar-refractivity contribution in [2.75, 3.05) is 13.2 Å². The number of halogens is 3. The monoisotopic (exact) mass is 372 g/mol. The van der Waals surface area contributed by atoms with Gasteiger partial charge in [0, 0.05) is 12.1 Å². The van der Waals surface area contributed by atoms with E-state index < -0.39 is 6.36 Å². The maximum atomic E-state index is 12.6. The van der Waals surface area contributed by atoms with E-state index >= 15 is 0 Å². The van der Waals surface area contributed by atoms with Gasteiger partial charge in [-0.15, -0.1) is 13.2 Å². The van der Waals surface area contributed by atoms with Gasteiger partial charge in [0.05, 0.1) is 12.7 Å². The van der Waals surface area contributed by atoms with Crippen molar-refractivity contribution in [1.82, 2.24) is 5.32 Å². The van der Waals surface area contributed by atoms with Crippen LogP contribution in [0, 0.1) is 0 Å². The SMILES string of the molecule is NC1CCCN[C@H]1COC1CCC(c2ccccc2OC(F)(F)F)CC1. The third-order valence-corrected chi connectivity index (χ3v) is 5.41. The molecule has 2 aliphatic rings. The van der Waals surface area contributed by atoms with Crippen molar-refractivity contribution in [3.8, 4) is 5.75 Å². The minimum atomic E-state index is -4.66. The average molecular weight is 372 g/mol. The quantitative estimate of drug-likeness (QED) is 0.827. The van der Waals surface area contributed by atoms with Crippen LogP contribution in [0.1, 0.15) is 50.0 Å². The molecule has 1 unspecified atom stereocenters. The van der Waals surface area contributed by atoms with Gasteiger partial charge in [-0.3, -0.25) is 0 Å². The fourth-order valence-electron chi connectivity index (χ4n) is 3.98. The lowest BCUT2D eigenvalue weighted by Gasteiger charge is -2.33. The summed E-state index contributed by atoms with van der Waals surface area (Å²) in [7, 11) is 0. The van der Waals surface area contributed by atoms with E-state index in [1.807, 2.05) is 0 Å². The Kier molecular flexibility index (Phi) is 6.42. The van der Waals surface area contributed by atoms with Gasteiger partial charge in [0.25, 0.3) is 0 Å². The van der Waals surface area contributed by atoms with E-state index in [0.717, 1.165) is 45.1 Å². The van der Waals surface area contributed by atoms with Crippen molar-refractivity contribution >= 4 is 0 Å². The Hall–Kier alpha value is -1.31. The third-order valence-electron chi connectivity index (χ3n) is 5.41. The number of nitrogens with two attached hydrogens (primary N) is 1. The summed E-state index contributed by atoms with van der Waals surface area (Å²) in [6.45, 7) is 1.58. The Morgan fingerprint density at radius 2 is 1.81 bits per heavy atom. The molecule has 3 N–H and O–H groups in total. The summed E-state index contributed by atoms with van der Waals surface area (Å²) >= 11 is 0. The Morgan fingerprint density at radius 1 is 1.08 bits per heavy atom. The summed E-state index contributed by atoms with van der Waals surface area (Å²) in [5.74, 6) is -0.00906. The van der Waals surface area contributed by atoms with Gasteiger partial charge in [-0.2, -0.15) is 0 Å². The first-order chi connectivity index (χ1) is 12.4. The smallest absolute Gasteiger partial charge is 0.405 e. The number of rotatable bonds is 5. The van der Waals surface area contributed by atoms with Gasteiger partial charge in [-0.05, 0) is 62.6 Å². The van der Waals surface area contributed by atoms with Gasteiger partial charge < -0.3 is 20.5 Å². The van der Waals surface area contributed by atoms with E-state index in [4.69, 9.17) is 10.5 Å². The summed E-state index contributed by atoms with van der Waals surface area (Å²) < 4.78 is 48.0. The summed E-state index contributed by atoms with van der Waals surface area (Å²) in [6, 6.07) is 6.78. The van der Waals surface area contributed by atoms with Gasteiger partial charge in [0.15, 0.2) is 0 Å². The zero-order valence-corrected chi connectivity index (χ0v) is 14.8. The van der Waals surface area contributed by atoms with Crippen LogP contribution < -0.4 is 15.8 Å². The van der Waals surface area contributed by atoms with Gasteiger partial charge in [-0.1, -0.05) is 18.2 Å². The first-order valence-electron chi connectivity index (χ1n) is 9.37. The van der Waals surface area contributed by atoms with Crippen LogP contribution in [0.5, 0.6) is 5.75 Å². The van der Waals surface area contributed by atoms with Gasteiger partial charge in [0.2, 0.25) is 0 Å². The van der Waals surface area contributed by atoms with Crippen LogP contribution in [0.15, 0.2) is 24.3 Å². The molecule has 7 heteroatoms. The van der Waals surface area contributed by atoms with E-state index in [9.17, 15) is 13.2 Å². The number of benzene rings is 1. The Bertz CT molecular complexity index is 574. The number of hydrogen-bond acceptors (Lipinski definition) is 4. The topological polar surface area (TPSA) is 56.5 Å². The number of nitrogens with one attached hydrogen (secondary N) is 1. The lowest BCUT2D eigenvalue weighted by atomic mass is 9.82. The van der Waals surface area contributed by atoms with Crippen molar-refractivity contribution in [3.05, 3.63) is 29.8 Å². The highest BCUT2D eigenvalue weighted by Gasteiger charge is 2.34. The summed E-state index contributed by atoms with van der Waals surface area (Å²) in [5, 5.41) is 3.40. The number of ether oxygens (including phenoxy) is 2. The molecule has 1 heterocycles. The minimum absolute atomic E-state index is 0.0727. The molecule has 1 aromatic rings. The minimum Gasteiger partial charge on any atom is -0.405 e. The summed E-state index contributed by atoms with van der Waals surface area (Å²) in [5.41, 5.74) is 6.75. The molecule has 1 aliphatic carbocycles. The zero-order valence-electron chi connectivity index (χ0n) is 14.8. The lowest BCUT2D eigenvalue weighted by molar-refractivity contribution is -0.275. The van der Waals surface area contributed by atoms with Crippen molar-refractivity contribution in [3.63, 3.8) is 0 Å². The molecule has 26 heavy (non-hydrogen) atoms. The Labute approximate surface area is 152 Å². The van der Waals surface area contributed by atoms with E-state index in [1.165, 1.54) is 6.07 Å².